The summed E-state index contributed by atoms with van der Waals surface area (Å²) in [5.41, 5.74) is 2.52. The van der Waals surface area contributed by atoms with Crippen LogP contribution in [0.2, 0.25) is 0 Å². The summed E-state index contributed by atoms with van der Waals surface area (Å²) in [6.07, 6.45) is 2.28. The molecular weight excluding hydrogens is 410 g/mol. The summed E-state index contributed by atoms with van der Waals surface area (Å²) in [7, 11) is -4.29. The number of aromatic nitrogens is 2. The van der Waals surface area contributed by atoms with Gasteiger partial charge < -0.3 is 4.98 Å². The number of nitrogens with zero attached hydrogens (tertiary/aromatic N) is 1. The molecule has 0 aliphatic heterocycles. The molecule has 0 unspecified atom stereocenters. The molecule has 0 spiro atoms. The molecule has 0 saturated carbocycles. The van der Waals surface area contributed by atoms with Gasteiger partial charge in [-0.2, -0.15) is 5.10 Å². The first-order valence-electron chi connectivity index (χ1n) is 8.59. The second-order valence-corrected chi connectivity index (χ2v) is 7.89. The van der Waals surface area contributed by atoms with E-state index in [1.54, 1.807) is 0 Å². The van der Waals surface area contributed by atoms with Crippen LogP contribution in [0.15, 0.2) is 74.3 Å². The highest BCUT2D eigenvalue weighted by Gasteiger charge is 2.19. The third-order valence-electron chi connectivity index (χ3n) is 3.87. The van der Waals surface area contributed by atoms with Gasteiger partial charge in [0.15, 0.2) is 4.90 Å². The molecule has 0 aliphatic rings. The van der Waals surface area contributed by atoms with Crippen LogP contribution in [-0.2, 0) is 10.0 Å². The van der Waals surface area contributed by atoms with Gasteiger partial charge in [0, 0.05) is 17.4 Å². The number of amides is 1. The van der Waals surface area contributed by atoms with Gasteiger partial charge in [0.1, 0.15) is 0 Å². The number of aryl methyl sites for hydroxylation is 1. The van der Waals surface area contributed by atoms with E-state index in [-0.39, 0.29) is 11.3 Å². The fourth-order valence-electron chi connectivity index (χ4n) is 2.51. The van der Waals surface area contributed by atoms with Crippen LogP contribution < -0.4 is 21.4 Å². The number of H-pyrrole nitrogens is 2. The van der Waals surface area contributed by atoms with Crippen LogP contribution in [0.3, 0.4) is 0 Å². The zero-order valence-corrected chi connectivity index (χ0v) is 16.5. The second kappa shape index (κ2) is 8.57. The molecule has 3 aromatic rings. The number of benzene rings is 2. The highest BCUT2D eigenvalue weighted by molar-refractivity contribution is 7.92. The van der Waals surface area contributed by atoms with Gasteiger partial charge in [0.05, 0.1) is 6.21 Å². The Morgan fingerprint density at radius 2 is 1.87 bits per heavy atom. The molecule has 0 aliphatic carbocycles. The molecule has 10 nitrogen and oxygen atoms in total. The molecule has 0 bridgehead atoms. The lowest BCUT2D eigenvalue weighted by Gasteiger charge is -2.08. The van der Waals surface area contributed by atoms with E-state index in [9.17, 15) is 22.8 Å². The van der Waals surface area contributed by atoms with Crippen molar-refractivity contribution in [2.24, 2.45) is 5.10 Å². The molecule has 0 saturated heterocycles. The number of hydrogen-bond donors (Lipinski definition) is 4. The number of carbonyl (C=O) groups excluding carboxylic acids is 1. The molecule has 1 amide bonds. The number of carbonyl (C=O) groups is 1. The Bertz CT molecular complexity index is 1340. The van der Waals surface area contributed by atoms with Crippen LogP contribution in [0.25, 0.3) is 0 Å². The van der Waals surface area contributed by atoms with Crippen LogP contribution in [0.1, 0.15) is 21.5 Å². The Balaban J connectivity index is 1.74. The van der Waals surface area contributed by atoms with Crippen molar-refractivity contribution in [2.75, 3.05) is 4.72 Å². The number of aromatic amines is 2. The van der Waals surface area contributed by atoms with Crippen molar-refractivity contribution in [1.82, 2.24) is 15.4 Å². The fraction of sp³-hybridized carbons (Fsp3) is 0.0526. The summed E-state index contributed by atoms with van der Waals surface area (Å²) < 4.78 is 27.0. The van der Waals surface area contributed by atoms with E-state index < -0.39 is 32.1 Å². The minimum atomic E-state index is -4.29. The molecule has 30 heavy (non-hydrogen) atoms. The van der Waals surface area contributed by atoms with E-state index in [0.717, 1.165) is 17.3 Å². The normalized spacial score (nSPS) is 11.4. The van der Waals surface area contributed by atoms with Crippen molar-refractivity contribution in [3.05, 3.63) is 92.3 Å². The third-order valence-corrected chi connectivity index (χ3v) is 5.26. The summed E-state index contributed by atoms with van der Waals surface area (Å²) in [5, 5.41) is 3.89. The van der Waals surface area contributed by atoms with Gasteiger partial charge in [0.25, 0.3) is 21.5 Å². The van der Waals surface area contributed by atoms with Crippen LogP contribution in [0.5, 0.6) is 0 Å². The average molecular weight is 427 g/mol. The number of rotatable bonds is 6. The minimum Gasteiger partial charge on any atom is -0.313 e. The van der Waals surface area contributed by atoms with Crippen molar-refractivity contribution < 1.29 is 13.2 Å². The monoisotopic (exact) mass is 427 g/mol. The lowest BCUT2D eigenvalue weighted by Crippen LogP contribution is -2.29. The molecule has 0 radical (unpaired) electrons. The summed E-state index contributed by atoms with van der Waals surface area (Å²) in [4.78, 5) is 38.3. The zero-order valence-electron chi connectivity index (χ0n) is 15.7. The molecule has 0 fully saturated rings. The first-order valence-corrected chi connectivity index (χ1v) is 10.1. The quantitative estimate of drug-likeness (QED) is 0.341. The Labute approximate surface area is 170 Å². The first-order chi connectivity index (χ1) is 14.2. The molecule has 0 atom stereocenters. The zero-order chi connectivity index (χ0) is 21.7. The highest BCUT2D eigenvalue weighted by atomic mass is 32.2. The largest absolute Gasteiger partial charge is 0.325 e. The maximum Gasteiger partial charge on any atom is 0.325 e. The van der Waals surface area contributed by atoms with Crippen LogP contribution >= 0.6 is 0 Å². The van der Waals surface area contributed by atoms with Crippen molar-refractivity contribution >= 4 is 27.8 Å². The van der Waals surface area contributed by atoms with Crippen molar-refractivity contribution in [3.8, 4) is 0 Å². The lowest BCUT2D eigenvalue weighted by molar-refractivity contribution is 0.0955. The molecule has 4 N–H and O–H groups in total. The lowest BCUT2D eigenvalue weighted by atomic mass is 10.2. The van der Waals surface area contributed by atoms with Gasteiger partial charge in [0.2, 0.25) is 0 Å². The van der Waals surface area contributed by atoms with E-state index in [1.165, 1.54) is 30.5 Å². The summed E-state index contributed by atoms with van der Waals surface area (Å²) >= 11 is 0. The van der Waals surface area contributed by atoms with Crippen LogP contribution in [0.4, 0.5) is 5.69 Å². The maximum absolute atomic E-state index is 12.4. The SMILES string of the molecule is Cc1cccc(/C=N/NC(=O)c2cccc(NS(=O)(=O)c3c[nH]c(=O)[nH]c3=O)c2)c1. The molecule has 1 aromatic heterocycles. The predicted octanol–water partition coefficient (Wildman–Crippen LogP) is 0.936. The number of nitrogens with one attached hydrogen (secondary N) is 4. The molecular formula is C19H17N5O5S. The average Bonchev–Trinajstić information content (AvgIpc) is 2.67. The Morgan fingerprint density at radius 1 is 1.10 bits per heavy atom. The van der Waals surface area contributed by atoms with E-state index in [4.69, 9.17) is 0 Å². The molecule has 11 heteroatoms. The standard InChI is InChI=1S/C19H17N5O5S/c1-12-4-2-5-13(8-12)10-21-23-17(25)14-6-3-7-15(9-14)24-30(28,29)16-11-20-19(27)22-18(16)26/h2-11,24H,1H3,(H,23,25)(H2,20,22,26,27)/b21-10+. The fourth-order valence-corrected chi connectivity index (χ4v) is 3.57. The van der Waals surface area contributed by atoms with Gasteiger partial charge in [-0.05, 0) is 30.7 Å². The van der Waals surface area contributed by atoms with Crippen molar-refractivity contribution in [1.29, 1.82) is 0 Å². The molecule has 1 heterocycles. The molecule has 2 aromatic carbocycles. The number of anilines is 1. The van der Waals surface area contributed by atoms with Gasteiger partial charge in [-0.15, -0.1) is 0 Å². The Kier molecular flexibility index (Phi) is 5.93. The van der Waals surface area contributed by atoms with Crippen LogP contribution in [-0.4, -0.2) is 30.5 Å². The Hall–Kier alpha value is -3.99. The second-order valence-electron chi connectivity index (χ2n) is 6.24. The van der Waals surface area contributed by atoms with Crippen molar-refractivity contribution in [2.45, 2.75) is 11.8 Å². The van der Waals surface area contributed by atoms with E-state index in [0.29, 0.717) is 0 Å². The first kappa shape index (κ1) is 20.7. The van der Waals surface area contributed by atoms with Gasteiger partial charge in [-0.3, -0.25) is 19.3 Å². The highest BCUT2D eigenvalue weighted by Crippen LogP contribution is 2.15. The van der Waals surface area contributed by atoms with Crippen molar-refractivity contribution in [3.63, 3.8) is 0 Å². The summed E-state index contributed by atoms with van der Waals surface area (Å²) in [5.74, 6) is -0.554. The molecule has 3 rings (SSSR count). The van der Waals surface area contributed by atoms with E-state index in [2.05, 4.69) is 20.2 Å². The van der Waals surface area contributed by atoms with Crippen LogP contribution in [0, 0.1) is 6.92 Å². The number of hydrazone groups is 1. The summed E-state index contributed by atoms with van der Waals surface area (Å²) in [6.45, 7) is 1.93. The third kappa shape index (κ3) is 5.08. The number of sulfonamides is 1. The van der Waals surface area contributed by atoms with E-state index >= 15 is 0 Å². The maximum atomic E-state index is 12.4. The topological polar surface area (TPSA) is 153 Å². The van der Waals surface area contributed by atoms with Gasteiger partial charge in [-0.1, -0.05) is 35.9 Å². The smallest absolute Gasteiger partial charge is 0.313 e. The minimum absolute atomic E-state index is 0.0518. The predicted molar refractivity (Wildman–Crippen MR) is 111 cm³/mol. The van der Waals surface area contributed by atoms with Gasteiger partial charge >= 0.3 is 5.69 Å². The van der Waals surface area contributed by atoms with Gasteiger partial charge in [-0.25, -0.2) is 18.6 Å². The Morgan fingerprint density at radius 3 is 2.60 bits per heavy atom. The number of hydrogen-bond acceptors (Lipinski definition) is 6. The molecule has 154 valence electrons. The van der Waals surface area contributed by atoms with E-state index in [1.807, 2.05) is 36.2 Å². The summed E-state index contributed by atoms with van der Waals surface area (Å²) in [6, 6.07) is 13.2.